The Kier molecular flexibility index (Phi) is 10.0. The molecule has 0 radical (unpaired) electrons. The van der Waals surface area contributed by atoms with Gasteiger partial charge in [0.15, 0.2) is 12.1 Å². The molecule has 42 heavy (non-hydrogen) atoms. The maximum Gasteiger partial charge on any atom is 0.404 e. The minimum atomic E-state index is -1.01. The van der Waals surface area contributed by atoms with Crippen molar-refractivity contribution < 1.29 is 23.9 Å². The number of benzene rings is 2. The van der Waals surface area contributed by atoms with E-state index in [1.54, 1.807) is 6.20 Å². The molecule has 5 rings (SSSR count). The molecule has 0 saturated carbocycles. The molecule has 1 aliphatic heterocycles. The molecule has 4 aromatic rings. The highest BCUT2D eigenvalue weighted by molar-refractivity contribution is 5.64. The van der Waals surface area contributed by atoms with E-state index in [1.807, 2.05) is 72.3 Å². The maximum absolute atomic E-state index is 10.5. The molecular weight excluding hydrogens is 534 g/mol. The summed E-state index contributed by atoms with van der Waals surface area (Å²) in [7, 11) is 0. The second-order valence-electron chi connectivity index (χ2n) is 10.1. The number of imidazole rings is 1. The number of amides is 1. The van der Waals surface area contributed by atoms with Gasteiger partial charge < -0.3 is 34.3 Å². The van der Waals surface area contributed by atoms with Gasteiger partial charge in [0.05, 0.1) is 6.54 Å². The van der Waals surface area contributed by atoms with Gasteiger partial charge in [-0.1, -0.05) is 29.1 Å². The lowest BCUT2D eigenvalue weighted by Gasteiger charge is -2.26. The number of hydrogen-bond acceptors (Lipinski definition) is 7. The minimum Gasteiger partial charge on any atom is -0.465 e. The zero-order valence-corrected chi connectivity index (χ0v) is 23.6. The van der Waals surface area contributed by atoms with Crippen LogP contribution < -0.4 is 10.6 Å². The third-order valence-corrected chi connectivity index (χ3v) is 6.88. The topological polar surface area (TPSA) is 124 Å². The van der Waals surface area contributed by atoms with Crippen LogP contribution in [0.3, 0.4) is 0 Å². The van der Waals surface area contributed by atoms with Gasteiger partial charge >= 0.3 is 6.09 Å². The van der Waals surface area contributed by atoms with Crippen LogP contribution in [0.5, 0.6) is 0 Å². The highest BCUT2D eigenvalue weighted by Crippen LogP contribution is 2.25. The van der Waals surface area contributed by atoms with Crippen molar-refractivity contribution in [2.75, 3.05) is 19.7 Å². The smallest absolute Gasteiger partial charge is 0.404 e. The summed E-state index contributed by atoms with van der Waals surface area (Å²) in [6.45, 7) is 4.86. The molecule has 0 spiro atoms. The highest BCUT2D eigenvalue weighted by atomic mass is 16.7. The van der Waals surface area contributed by atoms with Crippen LogP contribution in [0.25, 0.3) is 11.3 Å². The molecule has 0 aliphatic carbocycles. The van der Waals surface area contributed by atoms with Gasteiger partial charge in [0, 0.05) is 61.4 Å². The van der Waals surface area contributed by atoms with Crippen molar-refractivity contribution in [3.05, 3.63) is 95.2 Å². The zero-order chi connectivity index (χ0) is 29.1. The fourth-order valence-corrected chi connectivity index (χ4v) is 4.68. The molecule has 218 valence electrons. The molecule has 2 aromatic carbocycles. The van der Waals surface area contributed by atoms with Crippen LogP contribution in [0.15, 0.2) is 71.5 Å². The monoisotopic (exact) mass is 569 g/mol. The summed E-state index contributed by atoms with van der Waals surface area (Å²) in [4.78, 5) is 15.0. The lowest BCUT2D eigenvalue weighted by molar-refractivity contribution is -0.188. The van der Waals surface area contributed by atoms with Crippen LogP contribution in [0, 0.1) is 11.8 Å². The Morgan fingerprint density at radius 3 is 2.60 bits per heavy atom. The summed E-state index contributed by atoms with van der Waals surface area (Å²) in [6.07, 6.45) is 5.41. The zero-order valence-electron chi connectivity index (χ0n) is 23.6. The molecule has 3 heterocycles. The fourth-order valence-electron chi connectivity index (χ4n) is 4.68. The predicted octanol–water partition coefficient (Wildman–Crippen LogP) is 4.95. The molecule has 10 nitrogen and oxygen atoms in total. The van der Waals surface area contributed by atoms with Crippen LogP contribution in [-0.2, 0) is 22.6 Å². The van der Waals surface area contributed by atoms with Crippen LogP contribution >= 0.6 is 0 Å². The third kappa shape index (κ3) is 8.30. The average molecular weight is 570 g/mol. The Morgan fingerprint density at radius 2 is 1.88 bits per heavy atom. The van der Waals surface area contributed by atoms with E-state index >= 15 is 0 Å². The molecule has 10 heteroatoms. The van der Waals surface area contributed by atoms with Crippen LogP contribution in [0.1, 0.15) is 60.5 Å². The third-order valence-electron chi connectivity index (χ3n) is 6.88. The Hall–Kier alpha value is -4.43. The van der Waals surface area contributed by atoms with Gasteiger partial charge in [-0.25, -0.2) is 9.78 Å². The van der Waals surface area contributed by atoms with Crippen molar-refractivity contribution in [2.24, 2.45) is 0 Å². The quantitative estimate of drug-likeness (QED) is 0.171. The summed E-state index contributed by atoms with van der Waals surface area (Å²) < 4.78 is 19.5. The Bertz CT molecular complexity index is 1490. The number of carbonyl (C=O) groups is 1. The van der Waals surface area contributed by atoms with E-state index in [1.165, 1.54) is 0 Å². The van der Waals surface area contributed by atoms with Crippen molar-refractivity contribution >= 4 is 6.09 Å². The van der Waals surface area contributed by atoms with Crippen LogP contribution in [0.4, 0.5) is 4.79 Å². The molecule has 0 bridgehead atoms. The summed E-state index contributed by atoms with van der Waals surface area (Å²) in [5.74, 6) is 7.92. The summed E-state index contributed by atoms with van der Waals surface area (Å²) >= 11 is 0. The molecule has 3 N–H and O–H groups in total. The second-order valence-corrected chi connectivity index (χ2v) is 10.1. The van der Waals surface area contributed by atoms with Gasteiger partial charge in [-0.2, -0.15) is 0 Å². The molecule has 1 fully saturated rings. The van der Waals surface area contributed by atoms with Crippen LogP contribution in [-0.4, -0.2) is 51.9 Å². The largest absolute Gasteiger partial charge is 0.465 e. The van der Waals surface area contributed by atoms with E-state index in [9.17, 15) is 4.79 Å². The Balaban J connectivity index is 1.13. The number of carboxylic acid groups (broad SMARTS) is 1. The molecule has 2 atom stereocenters. The van der Waals surface area contributed by atoms with E-state index in [0.29, 0.717) is 31.9 Å². The normalized spacial score (nSPS) is 15.5. The first kappa shape index (κ1) is 29.1. The molecular formula is C32H35N5O5. The summed E-state index contributed by atoms with van der Waals surface area (Å²) in [6, 6.07) is 17.8. The van der Waals surface area contributed by atoms with E-state index in [-0.39, 0.29) is 12.4 Å². The van der Waals surface area contributed by atoms with Gasteiger partial charge in [0.1, 0.15) is 17.6 Å². The number of nitrogens with one attached hydrogen (secondary N) is 2. The van der Waals surface area contributed by atoms with Gasteiger partial charge in [-0.15, -0.1) is 0 Å². The van der Waals surface area contributed by atoms with E-state index in [4.69, 9.17) is 19.1 Å². The first-order chi connectivity index (χ1) is 20.5. The molecule has 1 unspecified atom stereocenters. The fraction of sp³-hybridized carbons (Fsp3) is 0.344. The molecule has 1 aliphatic rings. The van der Waals surface area contributed by atoms with Gasteiger partial charge in [-0.05, 0) is 68.1 Å². The van der Waals surface area contributed by atoms with Crippen molar-refractivity contribution in [1.82, 2.24) is 25.3 Å². The van der Waals surface area contributed by atoms with Crippen LogP contribution in [0.2, 0.25) is 0 Å². The number of nitrogens with zero attached hydrogens (tertiary/aromatic N) is 3. The SMILES string of the molecule is C[C@H](OC1CCCCO1)c1nccn1Cc1cc(-c2ccc(C#Cc3ccc(CNCCNC(=O)O)cc3)cc2)on1. The maximum atomic E-state index is 10.5. The van der Waals surface area contributed by atoms with Crippen molar-refractivity contribution in [2.45, 2.75) is 51.7 Å². The lowest BCUT2D eigenvalue weighted by atomic mass is 10.1. The summed E-state index contributed by atoms with van der Waals surface area (Å²) in [5, 5.41) is 18.4. The van der Waals surface area contributed by atoms with Gasteiger partial charge in [0.2, 0.25) is 0 Å². The predicted molar refractivity (Wildman–Crippen MR) is 157 cm³/mol. The van der Waals surface area contributed by atoms with E-state index < -0.39 is 6.09 Å². The number of ether oxygens (including phenoxy) is 2. The van der Waals surface area contributed by atoms with Crippen molar-refractivity contribution in [1.29, 1.82) is 0 Å². The number of rotatable bonds is 11. The van der Waals surface area contributed by atoms with Crippen molar-refractivity contribution in [3.63, 3.8) is 0 Å². The molecule has 1 amide bonds. The second kappa shape index (κ2) is 14.5. The van der Waals surface area contributed by atoms with E-state index in [2.05, 4.69) is 32.6 Å². The molecule has 2 aromatic heterocycles. The lowest BCUT2D eigenvalue weighted by Crippen LogP contribution is -2.30. The van der Waals surface area contributed by atoms with Crippen molar-refractivity contribution in [3.8, 4) is 23.2 Å². The van der Waals surface area contributed by atoms with Gasteiger partial charge in [0.25, 0.3) is 0 Å². The minimum absolute atomic E-state index is 0.180. The molecule has 1 saturated heterocycles. The average Bonchev–Trinajstić information content (AvgIpc) is 3.67. The number of aromatic nitrogens is 3. The Morgan fingerprint density at radius 1 is 1.12 bits per heavy atom. The van der Waals surface area contributed by atoms with Gasteiger partial charge in [-0.3, -0.25) is 0 Å². The van der Waals surface area contributed by atoms with E-state index in [0.717, 1.165) is 59.6 Å². The summed E-state index contributed by atoms with van der Waals surface area (Å²) in [5.41, 5.74) is 4.64. The Labute approximate surface area is 245 Å². The number of hydrogen-bond donors (Lipinski definition) is 3. The standard InChI is InChI=1S/C32H35N5O5/c1-23(41-30-4-2-3-19-40-30)31-34-17-18-37(31)22-28-20-29(42-36-28)27-13-11-25(12-14-27)6-5-24-7-9-26(10-8-24)21-33-15-16-35-32(38)39/h7-14,17-18,20,23,30,33,35H,2-4,15-16,19,21-22H2,1H3,(H,38,39)/t23-,30?/m0/s1. The first-order valence-electron chi connectivity index (χ1n) is 14.2. The highest BCUT2D eigenvalue weighted by Gasteiger charge is 2.21. The first-order valence-corrected chi connectivity index (χ1v) is 14.2.